The average molecular weight is 278 g/mol. The number of ether oxygens (including phenoxy) is 2. The van der Waals surface area contributed by atoms with E-state index in [2.05, 4.69) is 17.6 Å². The van der Waals surface area contributed by atoms with E-state index in [0.717, 1.165) is 19.4 Å². The Morgan fingerprint density at radius 2 is 1.90 bits per heavy atom. The van der Waals surface area contributed by atoms with Gasteiger partial charge in [0.1, 0.15) is 11.5 Å². The lowest BCUT2D eigenvalue weighted by molar-refractivity contribution is -0.120. The molecule has 0 saturated carbocycles. The van der Waals surface area contributed by atoms with E-state index in [1.807, 2.05) is 0 Å². The van der Waals surface area contributed by atoms with Crippen molar-refractivity contribution in [3.8, 4) is 11.5 Å². The molecular formula is C15H22N2O3. The SMILES string of the molecule is COc1cc(NC(=O)[C@H]2CCN[C@@H](C)C2)cc(OC)c1. The zero-order chi connectivity index (χ0) is 14.5. The van der Waals surface area contributed by atoms with E-state index in [1.54, 1.807) is 32.4 Å². The van der Waals surface area contributed by atoms with Crippen LogP contribution in [-0.2, 0) is 4.79 Å². The van der Waals surface area contributed by atoms with E-state index in [4.69, 9.17) is 9.47 Å². The monoisotopic (exact) mass is 278 g/mol. The molecule has 5 heteroatoms. The van der Waals surface area contributed by atoms with Crippen molar-refractivity contribution in [3.05, 3.63) is 18.2 Å². The Hall–Kier alpha value is -1.75. The van der Waals surface area contributed by atoms with Crippen molar-refractivity contribution >= 4 is 11.6 Å². The van der Waals surface area contributed by atoms with Crippen LogP contribution in [-0.4, -0.2) is 32.7 Å². The lowest BCUT2D eigenvalue weighted by Crippen LogP contribution is -2.40. The zero-order valence-electron chi connectivity index (χ0n) is 12.2. The van der Waals surface area contributed by atoms with Gasteiger partial charge in [-0.2, -0.15) is 0 Å². The van der Waals surface area contributed by atoms with Crippen molar-refractivity contribution in [2.24, 2.45) is 5.92 Å². The number of anilines is 1. The standard InChI is InChI=1S/C15H22N2O3/c1-10-6-11(4-5-16-10)15(18)17-12-7-13(19-2)9-14(8-12)20-3/h7-11,16H,4-6H2,1-3H3,(H,17,18)/t10-,11-/m0/s1. The lowest BCUT2D eigenvalue weighted by Gasteiger charge is -2.27. The highest BCUT2D eigenvalue weighted by Gasteiger charge is 2.24. The first-order valence-corrected chi connectivity index (χ1v) is 6.89. The zero-order valence-corrected chi connectivity index (χ0v) is 12.2. The van der Waals surface area contributed by atoms with Gasteiger partial charge >= 0.3 is 0 Å². The van der Waals surface area contributed by atoms with Gasteiger partial charge in [0.05, 0.1) is 14.2 Å². The van der Waals surface area contributed by atoms with E-state index in [1.165, 1.54) is 0 Å². The van der Waals surface area contributed by atoms with E-state index < -0.39 is 0 Å². The van der Waals surface area contributed by atoms with Crippen LogP contribution < -0.4 is 20.1 Å². The summed E-state index contributed by atoms with van der Waals surface area (Å²) >= 11 is 0. The maximum Gasteiger partial charge on any atom is 0.227 e. The number of rotatable bonds is 4. The third-order valence-corrected chi connectivity index (χ3v) is 3.61. The summed E-state index contributed by atoms with van der Waals surface area (Å²) in [5.74, 6) is 1.45. The molecule has 0 spiro atoms. The summed E-state index contributed by atoms with van der Waals surface area (Å²) in [4.78, 5) is 12.3. The minimum absolute atomic E-state index is 0.0587. The van der Waals surface area contributed by atoms with Crippen LogP contribution in [0.15, 0.2) is 18.2 Å². The fourth-order valence-corrected chi connectivity index (χ4v) is 2.49. The third kappa shape index (κ3) is 3.63. The van der Waals surface area contributed by atoms with Gasteiger partial charge in [-0.15, -0.1) is 0 Å². The smallest absolute Gasteiger partial charge is 0.227 e. The first-order valence-electron chi connectivity index (χ1n) is 6.89. The van der Waals surface area contributed by atoms with Gasteiger partial charge in [-0.25, -0.2) is 0 Å². The van der Waals surface area contributed by atoms with E-state index in [9.17, 15) is 4.79 Å². The molecule has 20 heavy (non-hydrogen) atoms. The largest absolute Gasteiger partial charge is 0.497 e. The van der Waals surface area contributed by atoms with Gasteiger partial charge in [-0.05, 0) is 26.3 Å². The molecule has 110 valence electrons. The van der Waals surface area contributed by atoms with Gasteiger partial charge in [0.25, 0.3) is 0 Å². The van der Waals surface area contributed by atoms with E-state index in [0.29, 0.717) is 23.2 Å². The first-order chi connectivity index (χ1) is 9.62. The first kappa shape index (κ1) is 14.7. The fourth-order valence-electron chi connectivity index (χ4n) is 2.49. The predicted octanol–water partition coefficient (Wildman–Crippen LogP) is 2.03. The highest BCUT2D eigenvalue weighted by atomic mass is 16.5. The predicted molar refractivity (Wildman–Crippen MR) is 78.4 cm³/mol. The van der Waals surface area contributed by atoms with Gasteiger partial charge in [0, 0.05) is 35.8 Å². The fraction of sp³-hybridized carbons (Fsp3) is 0.533. The number of hydrogen-bond donors (Lipinski definition) is 2. The Balaban J connectivity index is 2.06. The number of nitrogens with one attached hydrogen (secondary N) is 2. The van der Waals surface area contributed by atoms with Crippen LogP contribution in [0.3, 0.4) is 0 Å². The van der Waals surface area contributed by atoms with Crippen LogP contribution in [0, 0.1) is 5.92 Å². The molecule has 0 bridgehead atoms. The highest BCUT2D eigenvalue weighted by molar-refractivity contribution is 5.93. The minimum atomic E-state index is 0.0587. The van der Waals surface area contributed by atoms with Crippen LogP contribution in [0.25, 0.3) is 0 Å². The summed E-state index contributed by atoms with van der Waals surface area (Å²) < 4.78 is 10.4. The molecule has 1 aliphatic rings. The van der Waals surface area contributed by atoms with Crippen molar-refractivity contribution in [2.45, 2.75) is 25.8 Å². The topological polar surface area (TPSA) is 59.6 Å². The maximum atomic E-state index is 12.3. The van der Waals surface area contributed by atoms with Gasteiger partial charge in [0.15, 0.2) is 0 Å². The molecule has 1 aromatic rings. The molecule has 1 aliphatic heterocycles. The Labute approximate surface area is 119 Å². The molecule has 0 radical (unpaired) electrons. The quantitative estimate of drug-likeness (QED) is 0.884. The van der Waals surface area contributed by atoms with E-state index >= 15 is 0 Å². The van der Waals surface area contributed by atoms with Crippen LogP contribution in [0.5, 0.6) is 11.5 Å². The normalized spacial score (nSPS) is 22.1. The molecule has 1 fully saturated rings. The second-order valence-corrected chi connectivity index (χ2v) is 5.17. The summed E-state index contributed by atoms with van der Waals surface area (Å²) in [5, 5.41) is 6.30. The summed E-state index contributed by atoms with van der Waals surface area (Å²) in [7, 11) is 3.18. The molecule has 1 saturated heterocycles. The molecule has 2 atom stereocenters. The Kier molecular flexibility index (Phi) is 4.84. The van der Waals surface area contributed by atoms with Gasteiger partial charge in [-0.1, -0.05) is 0 Å². The number of amides is 1. The Morgan fingerprint density at radius 3 is 2.45 bits per heavy atom. The van der Waals surface area contributed by atoms with Gasteiger partial charge < -0.3 is 20.1 Å². The summed E-state index contributed by atoms with van der Waals surface area (Å²) in [6.07, 6.45) is 1.74. The van der Waals surface area contributed by atoms with Gasteiger partial charge in [0.2, 0.25) is 5.91 Å². The molecular weight excluding hydrogens is 256 g/mol. The van der Waals surface area contributed by atoms with Crippen LogP contribution in [0.1, 0.15) is 19.8 Å². The molecule has 2 rings (SSSR count). The van der Waals surface area contributed by atoms with Crippen LogP contribution in [0.2, 0.25) is 0 Å². The number of benzene rings is 1. The maximum absolute atomic E-state index is 12.3. The molecule has 2 N–H and O–H groups in total. The summed E-state index contributed by atoms with van der Waals surface area (Å²) in [5.41, 5.74) is 0.706. The second-order valence-electron chi connectivity index (χ2n) is 5.17. The molecule has 1 aromatic carbocycles. The molecule has 0 aliphatic carbocycles. The van der Waals surface area contributed by atoms with Crippen molar-refractivity contribution in [1.82, 2.24) is 5.32 Å². The van der Waals surface area contributed by atoms with Crippen LogP contribution >= 0.6 is 0 Å². The van der Waals surface area contributed by atoms with E-state index in [-0.39, 0.29) is 11.8 Å². The average Bonchev–Trinajstić information content (AvgIpc) is 2.46. The Bertz CT molecular complexity index is 454. The molecule has 5 nitrogen and oxygen atoms in total. The number of piperidine rings is 1. The number of hydrogen-bond acceptors (Lipinski definition) is 4. The Morgan fingerprint density at radius 1 is 1.25 bits per heavy atom. The van der Waals surface area contributed by atoms with Crippen molar-refractivity contribution < 1.29 is 14.3 Å². The number of methoxy groups -OCH3 is 2. The number of carbonyl (C=O) groups is 1. The van der Waals surface area contributed by atoms with Crippen molar-refractivity contribution in [2.75, 3.05) is 26.1 Å². The molecule has 1 heterocycles. The lowest BCUT2D eigenvalue weighted by atomic mass is 9.92. The summed E-state index contributed by atoms with van der Waals surface area (Å²) in [6.45, 7) is 2.99. The highest BCUT2D eigenvalue weighted by Crippen LogP contribution is 2.27. The molecule has 1 amide bonds. The van der Waals surface area contributed by atoms with Crippen LogP contribution in [0.4, 0.5) is 5.69 Å². The van der Waals surface area contributed by atoms with Gasteiger partial charge in [-0.3, -0.25) is 4.79 Å². The molecule has 0 unspecified atom stereocenters. The summed E-state index contributed by atoms with van der Waals surface area (Å²) in [6, 6.07) is 5.76. The van der Waals surface area contributed by atoms with Crippen molar-refractivity contribution in [1.29, 1.82) is 0 Å². The molecule has 0 aromatic heterocycles. The third-order valence-electron chi connectivity index (χ3n) is 3.61. The van der Waals surface area contributed by atoms with Crippen molar-refractivity contribution in [3.63, 3.8) is 0 Å². The number of carbonyl (C=O) groups excluding carboxylic acids is 1. The second kappa shape index (κ2) is 6.61. The minimum Gasteiger partial charge on any atom is -0.497 e.